The lowest BCUT2D eigenvalue weighted by Crippen LogP contribution is -2.54. The van der Waals surface area contributed by atoms with Crippen molar-refractivity contribution < 1.29 is 52.7 Å². The fourth-order valence-electron chi connectivity index (χ4n) is 8.63. The predicted octanol–water partition coefficient (Wildman–Crippen LogP) is 4.10. The van der Waals surface area contributed by atoms with Crippen molar-refractivity contribution in [1.29, 1.82) is 0 Å². The van der Waals surface area contributed by atoms with Crippen LogP contribution in [0.5, 0.6) is 0 Å². The SMILES string of the molecule is Cc1cc(C(=O)C(=O)NCc2cccc3c2C(=O)N(C2CCC(=O)NC2=O)C3=O)ccc1C(C)(C)C.Cc1ccc(C(=O)C(=O)NCc2ccc3c(c2)CN(C2CCC(=O)NC2=O)C3=O)cc1Cl. The van der Waals surface area contributed by atoms with Gasteiger partial charge < -0.3 is 15.5 Å². The highest BCUT2D eigenvalue weighted by atomic mass is 35.5. The lowest BCUT2D eigenvalue weighted by atomic mass is 9.83. The van der Waals surface area contributed by atoms with Crippen molar-refractivity contribution in [1.82, 2.24) is 31.1 Å². The number of nitrogens with zero attached hydrogens (tertiary/aromatic N) is 2. The van der Waals surface area contributed by atoms with Crippen LogP contribution < -0.4 is 21.3 Å². The highest BCUT2D eigenvalue weighted by Gasteiger charge is 2.45. The maximum atomic E-state index is 13.2. The van der Waals surface area contributed by atoms with Gasteiger partial charge in [0.05, 0.1) is 11.1 Å². The van der Waals surface area contributed by atoms with Gasteiger partial charge in [0.25, 0.3) is 29.5 Å². The maximum Gasteiger partial charge on any atom is 0.292 e. The molecule has 4 aliphatic heterocycles. The Labute approximate surface area is 395 Å². The van der Waals surface area contributed by atoms with Crippen molar-refractivity contribution in [2.24, 2.45) is 0 Å². The first-order chi connectivity index (χ1) is 32.1. The first kappa shape index (κ1) is 48.3. The molecule has 0 spiro atoms. The lowest BCUT2D eigenvalue weighted by Gasteiger charge is -2.29. The Kier molecular flexibility index (Phi) is 13.7. The van der Waals surface area contributed by atoms with Crippen molar-refractivity contribution in [3.05, 3.63) is 139 Å². The second-order valence-corrected chi connectivity index (χ2v) is 18.4. The van der Waals surface area contributed by atoms with E-state index < -0.39 is 65.0 Å². The molecule has 0 aromatic heterocycles. The van der Waals surface area contributed by atoms with Gasteiger partial charge >= 0.3 is 0 Å². The summed E-state index contributed by atoms with van der Waals surface area (Å²) in [5, 5.41) is 9.96. The van der Waals surface area contributed by atoms with Gasteiger partial charge in [0, 0.05) is 54.2 Å². The molecule has 4 aromatic carbocycles. The molecule has 350 valence electrons. The fourth-order valence-corrected chi connectivity index (χ4v) is 8.81. The first-order valence-corrected chi connectivity index (χ1v) is 22.1. The molecule has 4 heterocycles. The quantitative estimate of drug-likeness (QED) is 0.100. The highest BCUT2D eigenvalue weighted by Crippen LogP contribution is 2.31. The van der Waals surface area contributed by atoms with Gasteiger partial charge in [-0.05, 0) is 89.8 Å². The van der Waals surface area contributed by atoms with E-state index in [1.54, 1.807) is 61.5 Å². The topological polar surface area (TPSA) is 242 Å². The van der Waals surface area contributed by atoms with E-state index in [1.165, 1.54) is 17.0 Å². The number of hydrogen-bond donors (Lipinski definition) is 4. The summed E-state index contributed by atoms with van der Waals surface area (Å²) in [5.74, 6) is -6.53. The fraction of sp³-hybridized carbons (Fsp3) is 0.300. The van der Waals surface area contributed by atoms with E-state index in [2.05, 4.69) is 42.0 Å². The molecule has 0 saturated carbocycles. The van der Waals surface area contributed by atoms with Crippen molar-refractivity contribution in [3.8, 4) is 0 Å². The third-order valence-corrected chi connectivity index (χ3v) is 12.6. The van der Waals surface area contributed by atoms with Gasteiger partial charge in [0.15, 0.2) is 0 Å². The van der Waals surface area contributed by atoms with Crippen LogP contribution in [0.25, 0.3) is 0 Å². The standard InChI is InChI=1S/C27H27N3O6.C23H20ClN3O5/c1-14-12-15(8-9-18(14)27(2,3)4)22(32)24(34)28-13-16-6-5-7-17-21(16)26(36)30(25(17)35)19-10-11-20(31)29-23(19)33;1-12-2-4-14(9-17(12)24)20(29)22(31)25-10-13-3-5-16-15(8-13)11-27(23(16)32)18-6-7-19(28)26-21(18)30/h5-9,12,19H,10-11,13H2,1-4H3,(H,28,34)(H,29,31,33);2-5,8-9,18H,6-7,10-11H2,1H3,(H,25,31)(H,26,28,30). The summed E-state index contributed by atoms with van der Waals surface area (Å²) in [6, 6.07) is 17.8. The average Bonchev–Trinajstić information content (AvgIpc) is 3.75. The van der Waals surface area contributed by atoms with Crippen LogP contribution in [-0.2, 0) is 53.8 Å². The summed E-state index contributed by atoms with van der Waals surface area (Å²) in [6.45, 7) is 10.1. The Morgan fingerprint density at radius 2 is 1.26 bits per heavy atom. The second-order valence-electron chi connectivity index (χ2n) is 17.9. The maximum absolute atomic E-state index is 13.2. The van der Waals surface area contributed by atoms with Gasteiger partial charge in [-0.3, -0.25) is 68.3 Å². The number of rotatable bonds is 10. The van der Waals surface area contributed by atoms with Crippen LogP contribution in [0.3, 0.4) is 0 Å². The number of hydrogen-bond acceptors (Lipinski definition) is 11. The number of imide groups is 3. The number of halogens is 1. The van der Waals surface area contributed by atoms with Crippen molar-refractivity contribution in [3.63, 3.8) is 0 Å². The predicted molar refractivity (Wildman–Crippen MR) is 244 cm³/mol. The smallest absolute Gasteiger partial charge is 0.292 e. The molecule has 18 heteroatoms. The van der Waals surface area contributed by atoms with E-state index in [9.17, 15) is 52.7 Å². The minimum absolute atomic E-state index is 0.0189. The molecule has 0 radical (unpaired) electrons. The molecule has 0 aliphatic carbocycles. The van der Waals surface area contributed by atoms with Crippen molar-refractivity contribution in [2.75, 3.05) is 0 Å². The number of piperidine rings is 2. The Morgan fingerprint density at radius 3 is 1.87 bits per heavy atom. The van der Waals surface area contributed by atoms with Crippen LogP contribution >= 0.6 is 11.6 Å². The Bertz CT molecular complexity index is 2900. The lowest BCUT2D eigenvalue weighted by molar-refractivity contribution is -0.138. The number of fused-ring (bicyclic) bond motifs is 2. The van der Waals surface area contributed by atoms with Crippen LogP contribution in [0.1, 0.15) is 132 Å². The number of aryl methyl sites for hydroxylation is 2. The van der Waals surface area contributed by atoms with Crippen LogP contribution in [0.4, 0.5) is 0 Å². The molecule has 17 nitrogen and oxygen atoms in total. The summed E-state index contributed by atoms with van der Waals surface area (Å²) >= 11 is 6.03. The number of Topliss-reactive ketones (excluding diaryl/α,β-unsaturated/α-hetero) is 2. The molecule has 0 bridgehead atoms. The van der Waals surface area contributed by atoms with Gasteiger partial charge in [0.1, 0.15) is 12.1 Å². The monoisotopic (exact) mass is 942 g/mol. The first-order valence-electron chi connectivity index (χ1n) is 21.8. The van der Waals surface area contributed by atoms with E-state index >= 15 is 0 Å². The average molecular weight is 943 g/mol. The van der Waals surface area contributed by atoms with E-state index in [-0.39, 0.29) is 78.4 Å². The summed E-state index contributed by atoms with van der Waals surface area (Å²) in [4.78, 5) is 138. The summed E-state index contributed by atoms with van der Waals surface area (Å²) in [7, 11) is 0. The third kappa shape index (κ3) is 9.88. The van der Waals surface area contributed by atoms with Crippen LogP contribution in [0.2, 0.25) is 5.02 Å². The van der Waals surface area contributed by atoms with Crippen molar-refractivity contribution in [2.45, 2.75) is 97.4 Å². The summed E-state index contributed by atoms with van der Waals surface area (Å²) < 4.78 is 0. The number of carbonyl (C=O) groups excluding carboxylic acids is 11. The minimum atomic E-state index is -1.08. The Hall–Kier alpha value is -7.66. The van der Waals surface area contributed by atoms with Crippen molar-refractivity contribution >= 4 is 76.3 Å². The zero-order valence-corrected chi connectivity index (χ0v) is 38.6. The summed E-state index contributed by atoms with van der Waals surface area (Å²) in [6.07, 6.45) is 0.543. The Balaban J connectivity index is 0.000000203. The number of amides is 9. The van der Waals surface area contributed by atoms with Crippen LogP contribution in [0, 0.1) is 13.8 Å². The number of carbonyl (C=O) groups is 11. The largest absolute Gasteiger partial charge is 0.345 e. The molecule has 2 unspecified atom stereocenters. The normalized spacial score (nSPS) is 17.7. The van der Waals surface area contributed by atoms with E-state index in [0.717, 1.165) is 27.2 Å². The number of ketones is 2. The summed E-state index contributed by atoms with van der Waals surface area (Å²) in [5.41, 5.74) is 5.59. The second kappa shape index (κ2) is 19.3. The van der Waals surface area contributed by atoms with E-state index in [1.807, 2.05) is 13.0 Å². The van der Waals surface area contributed by atoms with Crippen LogP contribution in [-0.4, -0.2) is 86.6 Å². The number of benzene rings is 4. The minimum Gasteiger partial charge on any atom is -0.345 e. The molecular formula is C50H47ClN6O11. The van der Waals surface area contributed by atoms with E-state index in [0.29, 0.717) is 28.1 Å². The Morgan fingerprint density at radius 1 is 0.662 bits per heavy atom. The zero-order chi connectivity index (χ0) is 49.4. The molecule has 8 rings (SSSR count). The third-order valence-electron chi connectivity index (χ3n) is 12.2. The molecule has 2 fully saturated rings. The van der Waals surface area contributed by atoms with Gasteiger partial charge in [-0.25, -0.2) is 0 Å². The van der Waals surface area contributed by atoms with Crippen LogP contribution in [0.15, 0.2) is 72.8 Å². The molecule has 68 heavy (non-hydrogen) atoms. The highest BCUT2D eigenvalue weighted by molar-refractivity contribution is 6.43. The van der Waals surface area contributed by atoms with Gasteiger partial charge in [-0.1, -0.05) is 80.9 Å². The molecule has 9 amide bonds. The molecule has 4 N–H and O–H groups in total. The van der Waals surface area contributed by atoms with Gasteiger partial charge in [-0.2, -0.15) is 0 Å². The van der Waals surface area contributed by atoms with Gasteiger partial charge in [0.2, 0.25) is 35.2 Å². The molecule has 4 aromatic rings. The number of nitrogens with one attached hydrogen (secondary N) is 4. The van der Waals surface area contributed by atoms with E-state index in [4.69, 9.17) is 11.6 Å². The zero-order valence-electron chi connectivity index (χ0n) is 37.8. The molecule has 2 atom stereocenters. The molecule has 4 aliphatic rings. The molecule has 2 saturated heterocycles. The molecular weight excluding hydrogens is 896 g/mol. The van der Waals surface area contributed by atoms with Gasteiger partial charge in [-0.15, -0.1) is 0 Å².